The maximum atomic E-state index is 6.53. The van der Waals surface area contributed by atoms with Crippen molar-refractivity contribution in [3.63, 3.8) is 0 Å². The van der Waals surface area contributed by atoms with Gasteiger partial charge in [-0.05, 0) is 51.7 Å². The van der Waals surface area contributed by atoms with E-state index < -0.39 is 8.07 Å². The molecule has 3 aromatic heterocycles. The number of hydrogen-bond acceptors (Lipinski definition) is 3. The third-order valence-electron chi connectivity index (χ3n) is 11.7. The number of nitrogens with zero attached hydrogens (tertiary/aromatic N) is 3. The summed E-state index contributed by atoms with van der Waals surface area (Å²) < 4.78 is 8.85. The summed E-state index contributed by atoms with van der Waals surface area (Å²) in [5.74, 6) is 1.47. The van der Waals surface area contributed by atoms with Gasteiger partial charge >= 0.3 is 0 Å². The van der Waals surface area contributed by atoms with E-state index in [-0.39, 0.29) is 20.1 Å². The second-order valence-corrected chi connectivity index (χ2v) is 22.6. The van der Waals surface area contributed by atoms with Gasteiger partial charge in [-0.3, -0.25) is 4.98 Å². The number of aromatic nitrogens is 3. The van der Waals surface area contributed by atoms with Crippen LogP contribution >= 0.6 is 0 Å². The van der Waals surface area contributed by atoms with E-state index in [4.69, 9.17) is 9.40 Å². The SMILES string of the molecule is CC(C)Cc1cc(-c2[c-]cccc2)ncc1[Si](C)(C)C.[Ir].[c-]1ccc2c(oc3ccccc32)c1-c1nc2c3ccccc3ccc2n1-c1c(-c2ccccc2)ccc2ccccc12. The summed E-state index contributed by atoms with van der Waals surface area (Å²) in [6.45, 7) is 11.7. The molecular formula is C57H47IrN3OSi-2. The van der Waals surface area contributed by atoms with Gasteiger partial charge in [-0.1, -0.05) is 171 Å². The van der Waals surface area contributed by atoms with Crippen LogP contribution in [0.15, 0.2) is 180 Å². The van der Waals surface area contributed by atoms with Crippen molar-refractivity contribution in [2.75, 3.05) is 0 Å². The first kappa shape index (κ1) is 41.9. The zero-order chi connectivity index (χ0) is 42.4. The van der Waals surface area contributed by atoms with Crippen molar-refractivity contribution in [1.29, 1.82) is 0 Å². The second kappa shape index (κ2) is 17.4. The molecule has 11 rings (SSSR count). The minimum Gasteiger partial charge on any atom is -0.501 e. The number of hydrogen-bond donors (Lipinski definition) is 0. The predicted molar refractivity (Wildman–Crippen MR) is 263 cm³/mol. The van der Waals surface area contributed by atoms with E-state index in [0.29, 0.717) is 5.92 Å². The van der Waals surface area contributed by atoms with E-state index in [1.54, 1.807) is 0 Å². The van der Waals surface area contributed by atoms with Crippen molar-refractivity contribution >= 4 is 67.8 Å². The molecule has 0 amide bonds. The third-order valence-corrected chi connectivity index (χ3v) is 13.8. The molecule has 4 nitrogen and oxygen atoms in total. The maximum Gasteiger partial charge on any atom is 0.120 e. The Hall–Kier alpha value is -6.43. The van der Waals surface area contributed by atoms with Crippen LogP contribution in [0, 0.1) is 18.1 Å². The van der Waals surface area contributed by atoms with Gasteiger partial charge in [-0.25, -0.2) is 0 Å². The summed E-state index contributed by atoms with van der Waals surface area (Å²) in [5, 5.41) is 8.25. The summed E-state index contributed by atoms with van der Waals surface area (Å²) in [6.07, 6.45) is 3.24. The van der Waals surface area contributed by atoms with Crippen LogP contribution in [0.5, 0.6) is 0 Å². The van der Waals surface area contributed by atoms with Crippen LogP contribution in [0.3, 0.4) is 0 Å². The average Bonchev–Trinajstić information content (AvgIpc) is 3.88. The summed E-state index contributed by atoms with van der Waals surface area (Å²) in [4.78, 5) is 10.1. The number of para-hydroxylation sites is 1. The van der Waals surface area contributed by atoms with Crippen LogP contribution in [0.2, 0.25) is 19.6 Å². The molecule has 311 valence electrons. The number of imidazole rings is 1. The van der Waals surface area contributed by atoms with Gasteiger partial charge in [-0.2, -0.15) is 0 Å². The van der Waals surface area contributed by atoms with Crippen molar-refractivity contribution in [3.8, 4) is 39.5 Å². The molecule has 11 aromatic rings. The van der Waals surface area contributed by atoms with Gasteiger partial charge in [0.25, 0.3) is 0 Å². The quantitative estimate of drug-likeness (QED) is 0.118. The van der Waals surface area contributed by atoms with Gasteiger partial charge < -0.3 is 14.0 Å². The fourth-order valence-corrected chi connectivity index (χ4v) is 10.5. The summed E-state index contributed by atoms with van der Waals surface area (Å²) >= 11 is 0. The molecule has 0 spiro atoms. The first-order valence-electron chi connectivity index (χ1n) is 21.5. The standard InChI is InChI=1S/C39H23N2O.C18H24NSi.Ir/c1-2-11-25(12-3-1)30-23-21-27-14-5-7-16-29(27)37(30)41-34-24-22-26-13-4-6-15-28(26)36(34)40-39(41)33-19-10-18-32-31-17-8-9-20-35(31)42-38(32)33;1-14(2)11-16-12-17(15-9-7-6-8-10-15)19-13-18(16)20(3,4)5;/h1-18,20-24H;6-9,12-14H,11H2,1-5H3;/q2*-1;. The van der Waals surface area contributed by atoms with Gasteiger partial charge in [0.1, 0.15) is 5.58 Å². The Morgan fingerprint density at radius 1 is 0.651 bits per heavy atom. The molecule has 0 fully saturated rings. The predicted octanol–water partition coefficient (Wildman–Crippen LogP) is 14.7. The van der Waals surface area contributed by atoms with Crippen LogP contribution in [0.25, 0.3) is 94.0 Å². The first-order valence-corrected chi connectivity index (χ1v) is 25.0. The van der Waals surface area contributed by atoms with Crippen molar-refractivity contribution in [2.24, 2.45) is 5.92 Å². The minimum atomic E-state index is -1.34. The number of fused-ring (bicyclic) bond motifs is 7. The van der Waals surface area contributed by atoms with Crippen LogP contribution < -0.4 is 5.19 Å². The smallest absolute Gasteiger partial charge is 0.120 e. The van der Waals surface area contributed by atoms with E-state index in [1.807, 2.05) is 36.4 Å². The maximum absolute atomic E-state index is 6.53. The second-order valence-electron chi connectivity index (χ2n) is 17.5. The van der Waals surface area contributed by atoms with Gasteiger partial charge in [0.2, 0.25) is 0 Å². The molecular weight excluding hydrogens is 963 g/mol. The summed E-state index contributed by atoms with van der Waals surface area (Å²) in [7, 11) is -1.34. The van der Waals surface area contributed by atoms with Gasteiger partial charge in [0.05, 0.1) is 36.2 Å². The normalized spacial score (nSPS) is 11.7. The van der Waals surface area contributed by atoms with Crippen LogP contribution in [0.1, 0.15) is 19.4 Å². The monoisotopic (exact) mass is 1010 g/mol. The van der Waals surface area contributed by atoms with E-state index in [1.165, 1.54) is 16.1 Å². The molecule has 0 unspecified atom stereocenters. The fraction of sp³-hybridized carbons (Fsp3) is 0.123. The molecule has 63 heavy (non-hydrogen) atoms. The Morgan fingerprint density at radius 2 is 1.33 bits per heavy atom. The van der Waals surface area contributed by atoms with Crippen LogP contribution in [-0.2, 0) is 26.5 Å². The van der Waals surface area contributed by atoms with Crippen molar-refractivity contribution < 1.29 is 24.5 Å². The van der Waals surface area contributed by atoms with Crippen LogP contribution in [0.4, 0.5) is 0 Å². The average molecular weight is 1010 g/mol. The largest absolute Gasteiger partial charge is 0.501 e. The van der Waals surface area contributed by atoms with Crippen molar-refractivity contribution in [1.82, 2.24) is 14.5 Å². The molecule has 6 heteroatoms. The van der Waals surface area contributed by atoms with Gasteiger partial charge in [0, 0.05) is 48.0 Å². The van der Waals surface area contributed by atoms with E-state index in [2.05, 4.69) is 195 Å². The molecule has 0 saturated heterocycles. The molecule has 0 N–H and O–H groups in total. The molecule has 0 bridgehead atoms. The van der Waals surface area contributed by atoms with Crippen LogP contribution in [-0.4, -0.2) is 22.6 Å². The van der Waals surface area contributed by atoms with Gasteiger partial charge in [-0.15, -0.1) is 54.1 Å². The van der Waals surface area contributed by atoms with E-state index >= 15 is 0 Å². The molecule has 1 radical (unpaired) electrons. The van der Waals surface area contributed by atoms with Gasteiger partial charge in [0.15, 0.2) is 0 Å². The Kier molecular flexibility index (Phi) is 11.6. The minimum absolute atomic E-state index is 0. The number of benzene rings is 8. The Balaban J connectivity index is 0.000000204. The number of furan rings is 1. The molecule has 0 aliphatic rings. The molecule has 0 aliphatic heterocycles. The fourth-order valence-electron chi connectivity index (χ4n) is 8.89. The molecule has 0 atom stereocenters. The number of pyridine rings is 1. The zero-order valence-electron chi connectivity index (χ0n) is 36.1. The number of rotatable bonds is 7. The van der Waals surface area contributed by atoms with Crippen molar-refractivity contribution in [2.45, 2.75) is 39.9 Å². The zero-order valence-corrected chi connectivity index (χ0v) is 39.5. The Bertz CT molecular complexity index is 3400. The van der Waals surface area contributed by atoms with Crippen molar-refractivity contribution in [3.05, 3.63) is 194 Å². The Morgan fingerprint density at radius 3 is 2.08 bits per heavy atom. The summed E-state index contributed by atoms with van der Waals surface area (Å²) in [5.41, 5.74) is 11.5. The summed E-state index contributed by atoms with van der Waals surface area (Å²) in [6, 6.07) is 65.9. The Labute approximate surface area is 383 Å². The molecule has 0 saturated carbocycles. The molecule has 0 aliphatic carbocycles. The van der Waals surface area contributed by atoms with E-state index in [9.17, 15) is 0 Å². The topological polar surface area (TPSA) is 43.9 Å². The molecule has 8 aromatic carbocycles. The molecule has 3 heterocycles. The van der Waals surface area contributed by atoms with E-state index in [0.717, 1.165) is 95.0 Å². The first-order chi connectivity index (χ1) is 30.2. The third kappa shape index (κ3) is 7.96.